The molecule has 0 amide bonds. The van der Waals surface area contributed by atoms with Crippen LogP contribution in [-0.2, 0) is 28.6 Å². The number of carbonyl (C=O) groups excluding carboxylic acids is 3. The lowest BCUT2D eigenvalue weighted by Gasteiger charge is -2.18. The van der Waals surface area contributed by atoms with E-state index in [-0.39, 0.29) is 37.5 Å². The summed E-state index contributed by atoms with van der Waals surface area (Å²) in [7, 11) is 0. The highest BCUT2D eigenvalue weighted by Crippen LogP contribution is 2.15. The van der Waals surface area contributed by atoms with Crippen molar-refractivity contribution in [3.63, 3.8) is 0 Å². The van der Waals surface area contributed by atoms with Gasteiger partial charge in [-0.25, -0.2) is 0 Å². The van der Waals surface area contributed by atoms with Crippen LogP contribution in [0.3, 0.4) is 0 Å². The van der Waals surface area contributed by atoms with Crippen LogP contribution in [0.25, 0.3) is 0 Å². The molecule has 66 heavy (non-hydrogen) atoms. The molecule has 0 fully saturated rings. The Morgan fingerprint density at radius 1 is 0.318 bits per heavy atom. The third-order valence-corrected chi connectivity index (χ3v) is 11.9. The molecule has 0 aliphatic heterocycles. The van der Waals surface area contributed by atoms with E-state index in [2.05, 4.69) is 93.7 Å². The second kappa shape index (κ2) is 54.5. The van der Waals surface area contributed by atoms with Gasteiger partial charge < -0.3 is 14.2 Å². The van der Waals surface area contributed by atoms with Gasteiger partial charge in [-0.15, -0.1) is 0 Å². The zero-order valence-electron chi connectivity index (χ0n) is 43.4. The molecule has 0 spiro atoms. The fourth-order valence-corrected chi connectivity index (χ4v) is 7.77. The summed E-state index contributed by atoms with van der Waals surface area (Å²) in [4.78, 5) is 38.1. The number of esters is 3. The topological polar surface area (TPSA) is 78.9 Å². The SMILES string of the molecule is CC/C=C\C/C=C\C/C=C\C/C=C\C/C=C\CCCC(=O)OC[C@@H](COC(=O)CCCCCCCCCCCCCCCC)OC(=O)CCCCCCCCC/C=C\CCCCCCCC. The molecule has 0 aromatic rings. The highest BCUT2D eigenvalue weighted by atomic mass is 16.6. The molecule has 0 N–H and O–H groups in total. The molecule has 0 radical (unpaired) electrons. The summed E-state index contributed by atoms with van der Waals surface area (Å²) in [5.74, 6) is -0.950. The molecule has 380 valence electrons. The first kappa shape index (κ1) is 62.8. The van der Waals surface area contributed by atoms with Crippen LogP contribution in [-0.4, -0.2) is 37.2 Å². The van der Waals surface area contributed by atoms with Crippen LogP contribution < -0.4 is 0 Å². The van der Waals surface area contributed by atoms with Gasteiger partial charge in [0.25, 0.3) is 0 Å². The van der Waals surface area contributed by atoms with E-state index in [0.29, 0.717) is 19.3 Å². The summed E-state index contributed by atoms with van der Waals surface area (Å²) in [6, 6.07) is 0. The van der Waals surface area contributed by atoms with Gasteiger partial charge in [0.2, 0.25) is 0 Å². The summed E-state index contributed by atoms with van der Waals surface area (Å²) in [6.45, 7) is 6.49. The van der Waals surface area contributed by atoms with Gasteiger partial charge in [0.05, 0.1) is 0 Å². The Morgan fingerprint density at radius 2 is 0.606 bits per heavy atom. The summed E-state index contributed by atoms with van der Waals surface area (Å²) < 4.78 is 16.8. The third-order valence-electron chi connectivity index (χ3n) is 11.9. The van der Waals surface area contributed by atoms with Crippen molar-refractivity contribution < 1.29 is 28.6 Å². The molecule has 0 rings (SSSR count). The maximum atomic E-state index is 12.8. The van der Waals surface area contributed by atoms with Gasteiger partial charge in [-0.05, 0) is 83.5 Å². The van der Waals surface area contributed by atoms with E-state index in [0.717, 1.165) is 77.0 Å². The van der Waals surface area contributed by atoms with E-state index in [1.165, 1.54) is 148 Å². The summed E-state index contributed by atoms with van der Waals surface area (Å²) in [5, 5.41) is 0. The molecule has 0 aromatic heterocycles. The Bertz CT molecular complexity index is 1240. The summed E-state index contributed by atoms with van der Waals surface area (Å²) in [6.07, 6.45) is 68.9. The standard InChI is InChI=1S/C60H104O6/c1-4-7-10-13-16-19-22-25-28-30-32-35-38-41-44-47-50-53-59(62)65-56-57(55-64-58(61)52-49-46-43-40-37-34-27-24-21-18-15-12-9-6-3)66-60(63)54-51-48-45-42-39-36-33-31-29-26-23-20-17-14-11-8-5-2/h7,10,16,19,25-26,28-29,32,35,41,44,57H,4-6,8-9,11-15,17-18,20-24,27,30-31,33-34,36-40,42-43,45-56H2,1-3H3/b10-7-,19-16-,28-25-,29-26-,35-32-,44-41-/t57-/m1/s1. The molecule has 1 atom stereocenters. The van der Waals surface area contributed by atoms with Gasteiger partial charge >= 0.3 is 17.9 Å². The van der Waals surface area contributed by atoms with Gasteiger partial charge in [-0.1, -0.05) is 241 Å². The van der Waals surface area contributed by atoms with E-state index in [1.807, 2.05) is 0 Å². The third kappa shape index (κ3) is 51.8. The normalized spacial score (nSPS) is 12.6. The first-order chi connectivity index (χ1) is 32.5. The Hall–Kier alpha value is -3.15. The number of unbranched alkanes of at least 4 members (excludes halogenated alkanes) is 27. The summed E-state index contributed by atoms with van der Waals surface area (Å²) in [5.41, 5.74) is 0. The monoisotopic (exact) mass is 921 g/mol. The van der Waals surface area contributed by atoms with Crippen molar-refractivity contribution in [3.8, 4) is 0 Å². The van der Waals surface area contributed by atoms with E-state index in [9.17, 15) is 14.4 Å². The minimum Gasteiger partial charge on any atom is -0.462 e. The Kier molecular flexibility index (Phi) is 51.9. The molecule has 0 unspecified atom stereocenters. The van der Waals surface area contributed by atoms with Gasteiger partial charge in [-0.2, -0.15) is 0 Å². The van der Waals surface area contributed by atoms with E-state index >= 15 is 0 Å². The molecule has 0 aliphatic rings. The molecule has 0 saturated heterocycles. The number of carbonyl (C=O) groups is 3. The van der Waals surface area contributed by atoms with Crippen LogP contribution >= 0.6 is 0 Å². The number of rotatable bonds is 50. The maximum absolute atomic E-state index is 12.8. The molecule has 6 heteroatoms. The number of ether oxygens (including phenoxy) is 3. The van der Waals surface area contributed by atoms with Crippen molar-refractivity contribution in [1.82, 2.24) is 0 Å². The van der Waals surface area contributed by atoms with Crippen molar-refractivity contribution in [2.75, 3.05) is 13.2 Å². The van der Waals surface area contributed by atoms with Crippen LogP contribution in [0.4, 0.5) is 0 Å². The second-order valence-corrected chi connectivity index (χ2v) is 18.5. The molecule has 0 saturated carbocycles. The molecule has 0 aromatic carbocycles. The smallest absolute Gasteiger partial charge is 0.306 e. The molecule has 0 aliphatic carbocycles. The van der Waals surface area contributed by atoms with Crippen molar-refractivity contribution in [2.45, 2.75) is 277 Å². The summed E-state index contributed by atoms with van der Waals surface area (Å²) >= 11 is 0. The highest BCUT2D eigenvalue weighted by molar-refractivity contribution is 5.71. The predicted molar refractivity (Wildman–Crippen MR) is 284 cm³/mol. The van der Waals surface area contributed by atoms with Crippen LogP contribution in [0.2, 0.25) is 0 Å². The molecular weight excluding hydrogens is 817 g/mol. The van der Waals surface area contributed by atoms with Gasteiger partial charge in [0.1, 0.15) is 13.2 Å². The first-order valence-corrected chi connectivity index (χ1v) is 27.9. The van der Waals surface area contributed by atoms with Crippen molar-refractivity contribution in [2.24, 2.45) is 0 Å². The molecule has 6 nitrogen and oxygen atoms in total. The van der Waals surface area contributed by atoms with Crippen LogP contribution in [0.1, 0.15) is 271 Å². The van der Waals surface area contributed by atoms with Crippen LogP contribution in [0.5, 0.6) is 0 Å². The fourth-order valence-electron chi connectivity index (χ4n) is 7.77. The largest absolute Gasteiger partial charge is 0.462 e. The highest BCUT2D eigenvalue weighted by Gasteiger charge is 2.19. The first-order valence-electron chi connectivity index (χ1n) is 27.9. The maximum Gasteiger partial charge on any atom is 0.306 e. The van der Waals surface area contributed by atoms with Gasteiger partial charge in [0.15, 0.2) is 6.10 Å². The zero-order valence-corrected chi connectivity index (χ0v) is 43.4. The Labute approximate surface area is 408 Å². The lowest BCUT2D eigenvalue weighted by atomic mass is 10.0. The number of hydrogen-bond acceptors (Lipinski definition) is 6. The minimum absolute atomic E-state index is 0.0925. The number of hydrogen-bond donors (Lipinski definition) is 0. The number of allylic oxidation sites excluding steroid dienone is 12. The van der Waals surface area contributed by atoms with Crippen LogP contribution in [0, 0.1) is 0 Å². The van der Waals surface area contributed by atoms with Gasteiger partial charge in [-0.3, -0.25) is 14.4 Å². The van der Waals surface area contributed by atoms with E-state index in [4.69, 9.17) is 14.2 Å². The Morgan fingerprint density at radius 3 is 1.00 bits per heavy atom. The molecular formula is C60H104O6. The van der Waals surface area contributed by atoms with E-state index in [1.54, 1.807) is 0 Å². The van der Waals surface area contributed by atoms with Crippen LogP contribution in [0.15, 0.2) is 72.9 Å². The van der Waals surface area contributed by atoms with E-state index < -0.39 is 6.10 Å². The lowest BCUT2D eigenvalue weighted by molar-refractivity contribution is -0.167. The van der Waals surface area contributed by atoms with Crippen molar-refractivity contribution in [1.29, 1.82) is 0 Å². The second-order valence-electron chi connectivity index (χ2n) is 18.5. The quantitative estimate of drug-likeness (QED) is 0.0262. The molecule has 0 bridgehead atoms. The Balaban J connectivity index is 4.46. The minimum atomic E-state index is -0.799. The average Bonchev–Trinajstić information content (AvgIpc) is 3.31. The molecule has 0 heterocycles. The van der Waals surface area contributed by atoms with Crippen molar-refractivity contribution >= 4 is 17.9 Å². The predicted octanol–water partition coefficient (Wildman–Crippen LogP) is 18.6. The average molecular weight is 921 g/mol. The van der Waals surface area contributed by atoms with Crippen molar-refractivity contribution in [3.05, 3.63) is 72.9 Å². The lowest BCUT2D eigenvalue weighted by Crippen LogP contribution is -2.30. The van der Waals surface area contributed by atoms with Gasteiger partial charge in [0, 0.05) is 19.3 Å². The zero-order chi connectivity index (χ0) is 47.9. The fraction of sp³-hybridized carbons (Fsp3) is 0.750.